The molecule has 0 aliphatic heterocycles. The summed E-state index contributed by atoms with van der Waals surface area (Å²) in [6.07, 6.45) is 8.33. The third-order valence-corrected chi connectivity index (χ3v) is 6.56. The molecule has 2 bridgehead atoms. The first kappa shape index (κ1) is 18.3. The van der Waals surface area contributed by atoms with E-state index in [9.17, 15) is 4.79 Å². The summed E-state index contributed by atoms with van der Waals surface area (Å²) in [4.78, 5) is 12.8. The van der Waals surface area contributed by atoms with Crippen LogP contribution in [-0.4, -0.2) is 15.7 Å². The molecule has 1 N–H and O–H groups in total. The topological polar surface area (TPSA) is 46.9 Å². The lowest BCUT2D eigenvalue weighted by molar-refractivity contribution is 0.102. The van der Waals surface area contributed by atoms with E-state index in [4.69, 9.17) is 0 Å². The van der Waals surface area contributed by atoms with E-state index in [0.29, 0.717) is 17.4 Å². The number of nitrogens with zero attached hydrogens (tertiary/aromatic N) is 2. The minimum atomic E-state index is -0.0480. The number of anilines is 1. The van der Waals surface area contributed by atoms with Gasteiger partial charge in [-0.1, -0.05) is 38.8 Å². The highest BCUT2D eigenvalue weighted by atomic mass is 16.1. The van der Waals surface area contributed by atoms with Gasteiger partial charge in [-0.3, -0.25) is 9.48 Å². The van der Waals surface area contributed by atoms with Crippen molar-refractivity contribution in [1.82, 2.24) is 9.78 Å². The van der Waals surface area contributed by atoms with Gasteiger partial charge < -0.3 is 5.32 Å². The number of benzene rings is 1. The minimum absolute atomic E-state index is 0.0480. The van der Waals surface area contributed by atoms with Gasteiger partial charge in [0, 0.05) is 18.9 Å². The number of aryl methyl sites for hydroxylation is 2. The van der Waals surface area contributed by atoms with Crippen molar-refractivity contribution in [1.29, 1.82) is 0 Å². The number of carbonyl (C=O) groups excluding carboxylic acids is 1. The highest BCUT2D eigenvalue weighted by Crippen LogP contribution is 2.60. The summed E-state index contributed by atoms with van der Waals surface area (Å²) >= 11 is 0. The van der Waals surface area contributed by atoms with Gasteiger partial charge in [-0.25, -0.2) is 0 Å². The highest BCUT2D eigenvalue weighted by Gasteiger charge is 2.46. The first-order valence-corrected chi connectivity index (χ1v) is 10.4. The molecular formula is C23H31N3O. The monoisotopic (exact) mass is 365 g/mol. The second kappa shape index (κ2) is 7.14. The van der Waals surface area contributed by atoms with Crippen LogP contribution in [0.5, 0.6) is 0 Å². The summed E-state index contributed by atoms with van der Waals surface area (Å²) in [6.45, 7) is 6.51. The number of hydrogen-bond donors (Lipinski definition) is 1. The molecule has 2 aliphatic rings. The molecule has 0 radical (unpaired) electrons. The molecule has 4 heteroatoms. The van der Waals surface area contributed by atoms with Crippen molar-refractivity contribution < 1.29 is 4.79 Å². The summed E-state index contributed by atoms with van der Waals surface area (Å²) in [6, 6.07) is 6.48. The van der Waals surface area contributed by atoms with E-state index >= 15 is 0 Å². The van der Waals surface area contributed by atoms with Crippen molar-refractivity contribution >= 4 is 11.6 Å². The van der Waals surface area contributed by atoms with Gasteiger partial charge >= 0.3 is 0 Å². The highest BCUT2D eigenvalue weighted by molar-refractivity contribution is 6.05. The molecule has 4 nitrogen and oxygen atoms in total. The van der Waals surface area contributed by atoms with E-state index in [2.05, 4.69) is 42.5 Å². The fourth-order valence-electron chi connectivity index (χ4n) is 5.42. The zero-order chi connectivity index (χ0) is 19.1. The van der Waals surface area contributed by atoms with Gasteiger partial charge in [0.05, 0.1) is 11.3 Å². The Hall–Kier alpha value is -2.10. The Morgan fingerprint density at radius 3 is 2.78 bits per heavy atom. The molecule has 3 unspecified atom stereocenters. The number of fused-ring (bicyclic) bond motifs is 5. The van der Waals surface area contributed by atoms with Crippen molar-refractivity contribution in [3.63, 3.8) is 0 Å². The first-order valence-electron chi connectivity index (χ1n) is 10.4. The predicted octanol–water partition coefficient (Wildman–Crippen LogP) is 5.40. The van der Waals surface area contributed by atoms with E-state index in [1.165, 1.54) is 43.2 Å². The number of amides is 1. The third kappa shape index (κ3) is 3.30. The average molecular weight is 366 g/mol. The minimum Gasteiger partial charge on any atom is -0.322 e. The second-order valence-electron chi connectivity index (χ2n) is 8.84. The van der Waals surface area contributed by atoms with Crippen LogP contribution in [0.4, 0.5) is 5.69 Å². The molecule has 2 aromatic rings. The van der Waals surface area contributed by atoms with Crippen LogP contribution in [0, 0.1) is 18.8 Å². The Morgan fingerprint density at radius 1 is 1.30 bits per heavy atom. The van der Waals surface area contributed by atoms with Gasteiger partial charge in [0.25, 0.3) is 5.91 Å². The Bertz CT molecular complexity index is 851. The Balaban J connectivity index is 1.55. The molecule has 27 heavy (non-hydrogen) atoms. The summed E-state index contributed by atoms with van der Waals surface area (Å²) < 4.78 is 1.70. The third-order valence-electron chi connectivity index (χ3n) is 6.56. The molecule has 1 fully saturated rings. The summed E-state index contributed by atoms with van der Waals surface area (Å²) in [5, 5.41) is 7.50. The molecular weight excluding hydrogens is 334 g/mol. The SMILES string of the molecule is Cc1nn(C)cc1C(=O)Nc1cccc2c1C1CCC2C1CCCC(C)C. The van der Waals surface area contributed by atoms with Gasteiger partial charge in [-0.2, -0.15) is 5.10 Å². The molecule has 0 spiro atoms. The summed E-state index contributed by atoms with van der Waals surface area (Å²) in [7, 11) is 1.85. The lowest BCUT2D eigenvalue weighted by Crippen LogP contribution is -2.15. The molecule has 1 amide bonds. The van der Waals surface area contributed by atoms with E-state index in [1.54, 1.807) is 10.9 Å². The number of aromatic nitrogens is 2. The maximum absolute atomic E-state index is 12.8. The van der Waals surface area contributed by atoms with E-state index < -0.39 is 0 Å². The van der Waals surface area contributed by atoms with Crippen molar-refractivity contribution in [2.24, 2.45) is 18.9 Å². The van der Waals surface area contributed by atoms with Crippen LogP contribution in [0.3, 0.4) is 0 Å². The van der Waals surface area contributed by atoms with Gasteiger partial charge in [0.15, 0.2) is 0 Å². The van der Waals surface area contributed by atoms with Crippen molar-refractivity contribution in [2.45, 2.75) is 64.7 Å². The van der Waals surface area contributed by atoms with Crippen LogP contribution < -0.4 is 5.32 Å². The molecule has 1 heterocycles. The fraction of sp³-hybridized carbons (Fsp3) is 0.565. The largest absolute Gasteiger partial charge is 0.322 e. The molecule has 4 rings (SSSR count). The van der Waals surface area contributed by atoms with E-state index in [0.717, 1.165) is 23.2 Å². The molecule has 2 aliphatic carbocycles. The van der Waals surface area contributed by atoms with Crippen LogP contribution in [0.1, 0.15) is 85.0 Å². The van der Waals surface area contributed by atoms with Gasteiger partial charge in [0.2, 0.25) is 0 Å². The number of nitrogens with one attached hydrogen (secondary N) is 1. The molecule has 144 valence electrons. The fourth-order valence-corrected chi connectivity index (χ4v) is 5.42. The zero-order valence-corrected chi connectivity index (χ0v) is 17.0. The number of carbonyl (C=O) groups is 1. The van der Waals surface area contributed by atoms with Crippen molar-refractivity contribution in [3.05, 3.63) is 46.8 Å². The van der Waals surface area contributed by atoms with Gasteiger partial charge in [-0.15, -0.1) is 0 Å². The van der Waals surface area contributed by atoms with Gasteiger partial charge in [0.1, 0.15) is 0 Å². The van der Waals surface area contributed by atoms with Crippen LogP contribution in [0.15, 0.2) is 24.4 Å². The maximum atomic E-state index is 12.8. The molecule has 3 atom stereocenters. The zero-order valence-electron chi connectivity index (χ0n) is 17.0. The Labute approximate surface area is 162 Å². The van der Waals surface area contributed by atoms with Gasteiger partial charge in [-0.05, 0) is 67.1 Å². The summed E-state index contributed by atoms with van der Waals surface area (Å²) in [5.74, 6) is 2.80. The number of hydrogen-bond acceptors (Lipinski definition) is 2. The van der Waals surface area contributed by atoms with Crippen molar-refractivity contribution in [3.8, 4) is 0 Å². The Morgan fingerprint density at radius 2 is 2.07 bits per heavy atom. The first-order chi connectivity index (χ1) is 13.0. The van der Waals surface area contributed by atoms with E-state index in [-0.39, 0.29) is 5.91 Å². The number of rotatable bonds is 6. The van der Waals surface area contributed by atoms with Crippen LogP contribution >= 0.6 is 0 Å². The lowest BCUT2D eigenvalue weighted by Gasteiger charge is -2.19. The van der Waals surface area contributed by atoms with Crippen molar-refractivity contribution in [2.75, 3.05) is 5.32 Å². The maximum Gasteiger partial charge on any atom is 0.259 e. The van der Waals surface area contributed by atoms with Crippen LogP contribution in [0.2, 0.25) is 0 Å². The average Bonchev–Trinajstić information content (AvgIpc) is 3.26. The van der Waals surface area contributed by atoms with E-state index in [1.807, 2.05) is 14.0 Å². The quantitative estimate of drug-likeness (QED) is 0.745. The molecule has 1 saturated carbocycles. The van der Waals surface area contributed by atoms with Crippen LogP contribution in [0.25, 0.3) is 0 Å². The normalized spacial score (nSPS) is 23.1. The molecule has 0 saturated heterocycles. The predicted molar refractivity (Wildman–Crippen MR) is 109 cm³/mol. The lowest BCUT2D eigenvalue weighted by atomic mass is 9.88. The second-order valence-corrected chi connectivity index (χ2v) is 8.84. The molecule has 1 aromatic carbocycles. The molecule has 1 aromatic heterocycles. The Kier molecular flexibility index (Phi) is 4.83. The smallest absolute Gasteiger partial charge is 0.259 e. The standard InChI is InChI=1S/C23H31N3O/c1-14(2)7-5-8-16-17-11-12-19(16)22-18(17)9-6-10-21(22)24-23(27)20-13-26(4)25-15(20)3/h6,9-10,13-14,16-17,19H,5,7-8,11-12H2,1-4H3,(H,24,27). The van der Waals surface area contributed by atoms with Crippen LogP contribution in [-0.2, 0) is 7.05 Å². The summed E-state index contributed by atoms with van der Waals surface area (Å²) in [5.41, 5.74) is 5.35.